The number of amides is 1. The Morgan fingerprint density at radius 1 is 1.32 bits per heavy atom. The molecule has 25 heavy (non-hydrogen) atoms. The van der Waals surface area contributed by atoms with E-state index >= 15 is 0 Å². The summed E-state index contributed by atoms with van der Waals surface area (Å²) in [4.78, 5) is 15.8. The van der Waals surface area contributed by atoms with E-state index in [1.165, 1.54) is 19.3 Å². The molecule has 1 fully saturated rings. The van der Waals surface area contributed by atoms with Gasteiger partial charge in [-0.2, -0.15) is 0 Å². The van der Waals surface area contributed by atoms with E-state index in [1.807, 2.05) is 19.1 Å². The van der Waals surface area contributed by atoms with Gasteiger partial charge in [0, 0.05) is 13.1 Å². The second-order valence-corrected chi connectivity index (χ2v) is 6.11. The standard InChI is InChI=1S/C18H28N4O3/c1-3-20-17(23)12-25-15-8-7-14(9-16(15)24-2)11-22-18(19)21-10-13-5-4-6-13/h7-9,13H,3-6,10-12H2,1-2H3,(H,20,23)(H3,19,21,22). The van der Waals surface area contributed by atoms with Crippen LogP contribution in [0.5, 0.6) is 11.5 Å². The van der Waals surface area contributed by atoms with Gasteiger partial charge in [-0.25, -0.2) is 4.99 Å². The van der Waals surface area contributed by atoms with Crippen LogP contribution < -0.4 is 25.8 Å². The van der Waals surface area contributed by atoms with Crippen LogP contribution in [0.25, 0.3) is 0 Å². The maximum Gasteiger partial charge on any atom is 0.257 e. The van der Waals surface area contributed by atoms with Gasteiger partial charge in [0.25, 0.3) is 5.91 Å². The largest absolute Gasteiger partial charge is 0.493 e. The molecule has 0 unspecified atom stereocenters. The monoisotopic (exact) mass is 348 g/mol. The molecule has 2 rings (SSSR count). The maximum atomic E-state index is 11.5. The van der Waals surface area contributed by atoms with E-state index in [0.717, 1.165) is 18.0 Å². The van der Waals surface area contributed by atoms with Crippen molar-refractivity contribution in [1.82, 2.24) is 10.6 Å². The van der Waals surface area contributed by atoms with Crippen molar-refractivity contribution < 1.29 is 14.3 Å². The zero-order chi connectivity index (χ0) is 18.1. The molecule has 0 spiro atoms. The van der Waals surface area contributed by atoms with Crippen LogP contribution in [0.3, 0.4) is 0 Å². The Morgan fingerprint density at radius 2 is 2.12 bits per heavy atom. The molecule has 0 radical (unpaired) electrons. The Balaban J connectivity index is 1.87. The van der Waals surface area contributed by atoms with E-state index in [-0.39, 0.29) is 12.5 Å². The predicted octanol–water partition coefficient (Wildman–Crippen LogP) is 1.41. The van der Waals surface area contributed by atoms with Gasteiger partial charge in [0.05, 0.1) is 13.7 Å². The van der Waals surface area contributed by atoms with E-state index in [9.17, 15) is 4.79 Å². The van der Waals surface area contributed by atoms with Crippen LogP contribution in [0.4, 0.5) is 0 Å². The number of nitrogens with zero attached hydrogens (tertiary/aromatic N) is 1. The zero-order valence-corrected chi connectivity index (χ0v) is 15.0. The van der Waals surface area contributed by atoms with Crippen LogP contribution in [-0.2, 0) is 11.3 Å². The molecule has 1 saturated carbocycles. The number of carbonyl (C=O) groups is 1. The van der Waals surface area contributed by atoms with Crippen molar-refractivity contribution in [3.63, 3.8) is 0 Å². The molecule has 1 aliphatic rings. The van der Waals surface area contributed by atoms with Crippen molar-refractivity contribution in [2.75, 3.05) is 26.8 Å². The van der Waals surface area contributed by atoms with Crippen molar-refractivity contribution in [3.05, 3.63) is 23.8 Å². The fourth-order valence-electron chi connectivity index (χ4n) is 2.50. The molecule has 1 aromatic carbocycles. The average molecular weight is 348 g/mol. The van der Waals surface area contributed by atoms with Gasteiger partial charge in [0.1, 0.15) is 0 Å². The van der Waals surface area contributed by atoms with E-state index in [0.29, 0.717) is 30.5 Å². The Labute approximate surface area is 149 Å². The number of hydrogen-bond donors (Lipinski definition) is 3. The summed E-state index contributed by atoms with van der Waals surface area (Å²) >= 11 is 0. The van der Waals surface area contributed by atoms with Crippen LogP contribution >= 0.6 is 0 Å². The van der Waals surface area contributed by atoms with E-state index in [4.69, 9.17) is 15.2 Å². The van der Waals surface area contributed by atoms with Crippen molar-refractivity contribution in [2.24, 2.45) is 16.6 Å². The van der Waals surface area contributed by atoms with Gasteiger partial charge in [-0.1, -0.05) is 12.5 Å². The molecule has 7 nitrogen and oxygen atoms in total. The van der Waals surface area contributed by atoms with E-state index < -0.39 is 0 Å². The molecule has 1 aromatic rings. The summed E-state index contributed by atoms with van der Waals surface area (Å²) in [7, 11) is 1.57. The lowest BCUT2D eigenvalue weighted by atomic mass is 9.85. The molecule has 0 bridgehead atoms. The smallest absolute Gasteiger partial charge is 0.257 e. The van der Waals surface area contributed by atoms with Gasteiger partial charge in [0.15, 0.2) is 24.1 Å². The summed E-state index contributed by atoms with van der Waals surface area (Å²) in [5.74, 6) is 2.12. The molecule has 7 heteroatoms. The van der Waals surface area contributed by atoms with Crippen LogP contribution in [0.15, 0.2) is 23.2 Å². The Morgan fingerprint density at radius 3 is 2.76 bits per heavy atom. The predicted molar refractivity (Wildman–Crippen MR) is 97.8 cm³/mol. The minimum atomic E-state index is -0.163. The van der Waals surface area contributed by atoms with Crippen LogP contribution in [0, 0.1) is 5.92 Å². The van der Waals surface area contributed by atoms with Crippen LogP contribution in [-0.4, -0.2) is 38.7 Å². The highest BCUT2D eigenvalue weighted by molar-refractivity contribution is 5.78. The van der Waals surface area contributed by atoms with Gasteiger partial charge in [-0.05, 0) is 43.4 Å². The van der Waals surface area contributed by atoms with E-state index in [2.05, 4.69) is 15.6 Å². The highest BCUT2D eigenvalue weighted by atomic mass is 16.5. The molecule has 138 valence electrons. The Hall–Kier alpha value is -2.44. The highest BCUT2D eigenvalue weighted by Gasteiger charge is 2.16. The number of likely N-dealkylation sites (N-methyl/N-ethyl adjacent to an activating group) is 1. The minimum absolute atomic E-state index is 0.0419. The number of ether oxygens (including phenoxy) is 2. The molecular weight excluding hydrogens is 320 g/mol. The quantitative estimate of drug-likeness (QED) is 0.463. The third-order valence-corrected chi connectivity index (χ3v) is 4.19. The van der Waals surface area contributed by atoms with Gasteiger partial charge < -0.3 is 25.8 Å². The number of hydrogen-bond acceptors (Lipinski definition) is 4. The van der Waals surface area contributed by atoms with Crippen LogP contribution in [0.2, 0.25) is 0 Å². The van der Waals surface area contributed by atoms with Crippen molar-refractivity contribution in [3.8, 4) is 11.5 Å². The number of carbonyl (C=O) groups excluding carboxylic acids is 1. The molecule has 0 saturated heterocycles. The summed E-state index contributed by atoms with van der Waals surface area (Å²) in [5.41, 5.74) is 6.85. The van der Waals surface area contributed by atoms with Gasteiger partial charge in [0.2, 0.25) is 0 Å². The number of benzene rings is 1. The third kappa shape index (κ3) is 6.17. The summed E-state index contributed by atoms with van der Waals surface area (Å²) in [6, 6.07) is 5.51. The van der Waals surface area contributed by atoms with Gasteiger partial charge in [-0.15, -0.1) is 0 Å². The lowest BCUT2D eigenvalue weighted by Crippen LogP contribution is -2.37. The average Bonchev–Trinajstić information content (AvgIpc) is 2.57. The molecule has 4 N–H and O–H groups in total. The first-order valence-electron chi connectivity index (χ1n) is 8.72. The number of aliphatic imine (C=N–C) groups is 1. The summed E-state index contributed by atoms with van der Waals surface area (Å²) in [5, 5.41) is 5.85. The number of rotatable bonds is 9. The molecule has 0 aliphatic heterocycles. The van der Waals surface area contributed by atoms with Crippen molar-refractivity contribution in [2.45, 2.75) is 32.7 Å². The first kappa shape index (κ1) is 18.9. The molecular formula is C18H28N4O3. The second-order valence-electron chi connectivity index (χ2n) is 6.11. The molecule has 0 atom stereocenters. The molecule has 1 amide bonds. The lowest BCUT2D eigenvalue weighted by molar-refractivity contribution is -0.123. The number of guanidine groups is 1. The normalized spacial score (nSPS) is 14.6. The fraction of sp³-hybridized carbons (Fsp3) is 0.556. The fourth-order valence-corrected chi connectivity index (χ4v) is 2.50. The summed E-state index contributed by atoms with van der Waals surface area (Å²) < 4.78 is 10.8. The Bertz CT molecular complexity index is 600. The topological polar surface area (TPSA) is 98.0 Å². The second kappa shape index (κ2) is 9.76. The Kier molecular flexibility index (Phi) is 7.37. The number of nitrogens with one attached hydrogen (secondary N) is 2. The molecule has 0 heterocycles. The van der Waals surface area contributed by atoms with Crippen molar-refractivity contribution in [1.29, 1.82) is 0 Å². The van der Waals surface area contributed by atoms with Gasteiger partial charge in [-0.3, -0.25) is 4.79 Å². The number of methoxy groups -OCH3 is 1. The van der Waals surface area contributed by atoms with E-state index in [1.54, 1.807) is 13.2 Å². The first-order valence-corrected chi connectivity index (χ1v) is 8.72. The first-order chi connectivity index (χ1) is 12.1. The third-order valence-electron chi connectivity index (χ3n) is 4.19. The molecule has 1 aliphatic carbocycles. The molecule has 0 aromatic heterocycles. The maximum absolute atomic E-state index is 11.5. The van der Waals surface area contributed by atoms with Crippen molar-refractivity contribution >= 4 is 11.9 Å². The summed E-state index contributed by atoms with van der Waals surface area (Å²) in [6.07, 6.45) is 3.86. The van der Waals surface area contributed by atoms with Gasteiger partial charge >= 0.3 is 0 Å². The minimum Gasteiger partial charge on any atom is -0.493 e. The summed E-state index contributed by atoms with van der Waals surface area (Å²) in [6.45, 7) is 3.74. The van der Waals surface area contributed by atoms with Crippen LogP contribution in [0.1, 0.15) is 31.7 Å². The SMILES string of the molecule is CCNC(=O)COc1ccc(CN=C(N)NCC2CCC2)cc1OC. The lowest BCUT2D eigenvalue weighted by Gasteiger charge is -2.25. The zero-order valence-electron chi connectivity index (χ0n) is 15.0. The highest BCUT2D eigenvalue weighted by Crippen LogP contribution is 2.28. The number of nitrogens with two attached hydrogens (primary N) is 1.